The van der Waals surface area contributed by atoms with E-state index < -0.39 is 55.4 Å². The van der Waals surface area contributed by atoms with E-state index in [0.717, 1.165) is 0 Å². The lowest BCUT2D eigenvalue weighted by Gasteiger charge is -2.41. The summed E-state index contributed by atoms with van der Waals surface area (Å²) >= 11 is 0. The van der Waals surface area contributed by atoms with Gasteiger partial charge in [-0.2, -0.15) is 26.3 Å². The van der Waals surface area contributed by atoms with Gasteiger partial charge in [0.25, 0.3) is 0 Å². The zero-order valence-electron chi connectivity index (χ0n) is 28.7. The number of halogens is 6. The molecular formula is C37H35F6N4O6P. The predicted octanol–water partition coefficient (Wildman–Crippen LogP) is 8.68. The second-order valence-corrected chi connectivity index (χ2v) is 14.3. The number of benzene rings is 4. The second kappa shape index (κ2) is 16.4. The van der Waals surface area contributed by atoms with Gasteiger partial charge in [0, 0.05) is 6.54 Å². The molecule has 0 aliphatic carbocycles. The first-order chi connectivity index (χ1) is 25.7. The summed E-state index contributed by atoms with van der Waals surface area (Å²) < 4.78 is 120. The Morgan fingerprint density at radius 2 is 1.35 bits per heavy atom. The van der Waals surface area contributed by atoms with Crippen LogP contribution in [0.3, 0.4) is 0 Å². The standard InChI is InChI=1S/C37H35F6N4O6P/c1-25(29-19-30(36(38,39)40)21-31(20-29)37(41,42)43)53-34-33(28-15-9-4-10-16-28)46(17-18-50-34)22-32-44-35(48)47(45-32)54(49,51-23-26-11-5-2-6-12-26)52-24-27-13-7-3-8-14-27/h2-16,19-21,25,33-34H,17-18,22-24H2,1H3,(H,44,45,48)/t25-,33+,34-/m1/s1. The van der Waals surface area contributed by atoms with Gasteiger partial charge < -0.3 is 9.47 Å². The molecule has 6 rings (SSSR count). The van der Waals surface area contributed by atoms with Gasteiger partial charge in [0.2, 0.25) is 0 Å². The van der Waals surface area contributed by atoms with Gasteiger partial charge in [0.1, 0.15) is 5.82 Å². The number of hydrogen-bond donors (Lipinski definition) is 1. The first-order valence-corrected chi connectivity index (χ1v) is 18.2. The summed E-state index contributed by atoms with van der Waals surface area (Å²) in [5.74, 6) is 0.0641. The Bertz CT molecular complexity index is 2020. The Kier molecular flexibility index (Phi) is 11.9. The quantitative estimate of drug-likeness (QED) is 0.0936. The molecule has 17 heteroatoms. The molecule has 0 saturated carbocycles. The van der Waals surface area contributed by atoms with Crippen molar-refractivity contribution in [1.29, 1.82) is 0 Å². The van der Waals surface area contributed by atoms with E-state index in [2.05, 4.69) is 10.1 Å². The van der Waals surface area contributed by atoms with E-state index >= 15 is 0 Å². The minimum Gasteiger partial charge on any atom is -0.349 e. The van der Waals surface area contributed by atoms with Crippen LogP contribution in [0.4, 0.5) is 26.3 Å². The third kappa shape index (κ3) is 9.56. The molecule has 0 unspecified atom stereocenters. The largest absolute Gasteiger partial charge is 0.460 e. The highest BCUT2D eigenvalue weighted by Crippen LogP contribution is 2.49. The first-order valence-electron chi connectivity index (χ1n) is 16.7. The summed E-state index contributed by atoms with van der Waals surface area (Å²) in [6.07, 6.45) is -12.5. The molecule has 0 spiro atoms. The van der Waals surface area contributed by atoms with Crippen molar-refractivity contribution in [3.8, 4) is 0 Å². The van der Waals surface area contributed by atoms with Gasteiger partial charge in [-0.3, -0.25) is 18.9 Å². The Morgan fingerprint density at radius 3 is 1.87 bits per heavy atom. The number of H-pyrrole nitrogens is 1. The summed E-state index contributed by atoms with van der Waals surface area (Å²) in [6.45, 7) is 1.24. The average molecular weight is 777 g/mol. The van der Waals surface area contributed by atoms with Crippen molar-refractivity contribution >= 4 is 7.75 Å². The van der Waals surface area contributed by atoms with Crippen molar-refractivity contribution in [3.05, 3.63) is 159 Å². The van der Waals surface area contributed by atoms with E-state index in [1.807, 2.05) is 4.90 Å². The van der Waals surface area contributed by atoms with Crippen LogP contribution in [0, 0.1) is 0 Å². The maximum atomic E-state index is 14.3. The fraction of sp³-hybridized carbons (Fsp3) is 0.297. The predicted molar refractivity (Wildman–Crippen MR) is 184 cm³/mol. The van der Waals surface area contributed by atoms with E-state index in [9.17, 15) is 35.7 Å². The van der Waals surface area contributed by atoms with Crippen molar-refractivity contribution in [1.82, 2.24) is 19.4 Å². The molecule has 54 heavy (non-hydrogen) atoms. The lowest BCUT2D eigenvalue weighted by molar-refractivity contribution is -0.231. The van der Waals surface area contributed by atoms with Gasteiger partial charge in [-0.1, -0.05) is 91.0 Å². The highest BCUT2D eigenvalue weighted by atomic mass is 31.2. The molecule has 0 amide bonds. The molecule has 1 fully saturated rings. The third-order valence-corrected chi connectivity index (χ3v) is 10.2. The van der Waals surface area contributed by atoms with Gasteiger partial charge in [-0.25, -0.2) is 9.36 Å². The van der Waals surface area contributed by atoms with Crippen LogP contribution in [-0.4, -0.2) is 38.9 Å². The highest BCUT2D eigenvalue weighted by Gasteiger charge is 2.40. The zero-order valence-corrected chi connectivity index (χ0v) is 29.6. The molecule has 10 nitrogen and oxygen atoms in total. The number of aromatic amines is 1. The minimum absolute atomic E-state index is 0.0426. The van der Waals surface area contributed by atoms with Crippen molar-refractivity contribution in [3.63, 3.8) is 0 Å². The maximum Gasteiger partial charge on any atom is 0.460 e. The van der Waals surface area contributed by atoms with Crippen molar-refractivity contribution in [2.45, 2.75) is 57.5 Å². The molecule has 1 aliphatic rings. The molecule has 5 aromatic rings. The van der Waals surface area contributed by atoms with Gasteiger partial charge in [0.15, 0.2) is 6.29 Å². The van der Waals surface area contributed by atoms with Crippen LogP contribution in [-0.2, 0) is 55.2 Å². The second-order valence-electron chi connectivity index (χ2n) is 12.4. The molecule has 2 heterocycles. The Balaban J connectivity index is 1.28. The number of nitrogens with one attached hydrogen (secondary N) is 1. The summed E-state index contributed by atoms with van der Waals surface area (Å²) in [5, 5.41) is 4.33. The lowest BCUT2D eigenvalue weighted by Crippen LogP contribution is -2.46. The number of ether oxygens (including phenoxy) is 2. The summed E-state index contributed by atoms with van der Waals surface area (Å²) in [5.41, 5.74) is -2.18. The monoisotopic (exact) mass is 776 g/mol. The number of hydrogen-bond acceptors (Lipinski definition) is 8. The van der Waals surface area contributed by atoms with E-state index in [-0.39, 0.29) is 50.4 Å². The number of morpholine rings is 1. The van der Waals surface area contributed by atoms with Crippen LogP contribution in [0.5, 0.6) is 0 Å². The normalized spacial score (nSPS) is 17.8. The van der Waals surface area contributed by atoms with Gasteiger partial charge >= 0.3 is 25.8 Å². The molecule has 1 saturated heterocycles. The molecule has 0 radical (unpaired) electrons. The van der Waals surface area contributed by atoms with Crippen LogP contribution in [0.25, 0.3) is 0 Å². The van der Waals surface area contributed by atoms with Gasteiger partial charge in [-0.15, -0.1) is 9.55 Å². The van der Waals surface area contributed by atoms with Gasteiger partial charge in [-0.05, 0) is 47.4 Å². The van der Waals surface area contributed by atoms with Crippen molar-refractivity contribution in [2.24, 2.45) is 0 Å². The van der Waals surface area contributed by atoms with Gasteiger partial charge in [0.05, 0.1) is 49.6 Å². The lowest BCUT2D eigenvalue weighted by atomic mass is 10.0. The fourth-order valence-corrected chi connectivity index (χ4v) is 7.29. The minimum atomic E-state index is -5.04. The smallest absolute Gasteiger partial charge is 0.349 e. The molecule has 3 atom stereocenters. The molecular weight excluding hydrogens is 741 g/mol. The van der Waals surface area contributed by atoms with Crippen LogP contribution in [0.1, 0.15) is 58.3 Å². The highest BCUT2D eigenvalue weighted by molar-refractivity contribution is 7.51. The van der Waals surface area contributed by atoms with E-state index in [1.54, 1.807) is 91.0 Å². The maximum absolute atomic E-state index is 14.3. The fourth-order valence-electron chi connectivity index (χ4n) is 5.89. The number of alkyl halides is 6. The summed E-state index contributed by atoms with van der Waals surface area (Å²) in [7, 11) is -4.41. The average Bonchev–Trinajstić information content (AvgIpc) is 3.53. The van der Waals surface area contributed by atoms with Crippen LogP contribution < -0.4 is 5.69 Å². The Morgan fingerprint density at radius 1 is 0.833 bits per heavy atom. The number of rotatable bonds is 13. The molecule has 4 aromatic carbocycles. The Hall–Kier alpha value is -4.57. The van der Waals surface area contributed by atoms with Crippen molar-refractivity contribution < 1.29 is 49.4 Å². The van der Waals surface area contributed by atoms with Crippen molar-refractivity contribution in [2.75, 3.05) is 13.2 Å². The van der Waals surface area contributed by atoms with Crippen LogP contribution in [0.15, 0.2) is 114 Å². The SMILES string of the molecule is C[C@@H](O[C@H]1OCCN(Cc2nn(P(=O)(OCc3ccccc3)OCc3ccccc3)c(=O)[nH]2)[C@H]1c1ccccc1)c1cc(C(F)(F)F)cc(C(F)(F)F)c1. The summed E-state index contributed by atoms with van der Waals surface area (Å²) in [4.78, 5) is 17.8. The number of nitrogens with zero attached hydrogens (tertiary/aromatic N) is 3. The molecule has 1 aromatic heterocycles. The third-order valence-electron chi connectivity index (χ3n) is 8.58. The molecule has 1 aliphatic heterocycles. The molecule has 0 bridgehead atoms. The molecule has 1 N–H and O–H groups in total. The van der Waals surface area contributed by atoms with E-state index in [4.69, 9.17) is 18.5 Å². The Labute approximate surface area is 305 Å². The zero-order chi connectivity index (χ0) is 38.5. The van der Waals surface area contributed by atoms with Crippen LogP contribution in [0.2, 0.25) is 0 Å². The first kappa shape index (κ1) is 39.1. The van der Waals surface area contributed by atoms with Crippen LogP contribution >= 0.6 is 7.75 Å². The van der Waals surface area contributed by atoms with E-state index in [1.165, 1.54) is 6.92 Å². The van der Waals surface area contributed by atoms with E-state index in [0.29, 0.717) is 33.3 Å². The topological polar surface area (TPSA) is 108 Å². The summed E-state index contributed by atoms with van der Waals surface area (Å²) in [6, 6.07) is 27.0. The molecule has 286 valence electrons. The number of aromatic nitrogens is 3.